The van der Waals surface area contributed by atoms with Gasteiger partial charge in [-0.15, -0.1) is 0 Å². The highest BCUT2D eigenvalue weighted by atomic mass is 16.5. The summed E-state index contributed by atoms with van der Waals surface area (Å²) in [6.45, 7) is 2.05. The molecule has 0 spiro atoms. The second-order valence-corrected chi connectivity index (χ2v) is 6.44. The average molecular weight is 372 g/mol. The molecule has 4 aromatic rings. The first kappa shape index (κ1) is 17.7. The number of hydrogen-bond acceptors (Lipinski definition) is 6. The van der Waals surface area contributed by atoms with Crippen molar-refractivity contribution in [3.05, 3.63) is 60.4 Å². The number of methoxy groups -OCH3 is 2. The van der Waals surface area contributed by atoms with Crippen LogP contribution in [0.3, 0.4) is 0 Å². The summed E-state index contributed by atoms with van der Waals surface area (Å²) >= 11 is 0. The van der Waals surface area contributed by atoms with Crippen LogP contribution in [0, 0.1) is 6.92 Å². The molecule has 140 valence electrons. The molecule has 0 radical (unpaired) electrons. The number of aromatic nitrogens is 3. The van der Waals surface area contributed by atoms with Gasteiger partial charge >= 0.3 is 0 Å². The summed E-state index contributed by atoms with van der Waals surface area (Å²) in [5.74, 6) is 1.76. The third-order valence-corrected chi connectivity index (χ3v) is 4.68. The van der Waals surface area contributed by atoms with Gasteiger partial charge in [0.15, 0.2) is 5.65 Å². The molecule has 0 aliphatic rings. The fourth-order valence-corrected chi connectivity index (χ4v) is 3.19. The van der Waals surface area contributed by atoms with Gasteiger partial charge in [0.05, 0.1) is 25.3 Å². The van der Waals surface area contributed by atoms with Crippen molar-refractivity contribution in [2.75, 3.05) is 20.0 Å². The normalized spacial score (nSPS) is 10.8. The highest BCUT2D eigenvalue weighted by Crippen LogP contribution is 2.39. The maximum Gasteiger partial charge on any atom is 0.165 e. The second kappa shape index (κ2) is 7.15. The smallest absolute Gasteiger partial charge is 0.165 e. The highest BCUT2D eigenvalue weighted by Gasteiger charge is 2.17. The Balaban J connectivity index is 2.03. The van der Waals surface area contributed by atoms with E-state index in [9.17, 15) is 0 Å². The van der Waals surface area contributed by atoms with Gasteiger partial charge in [0.25, 0.3) is 0 Å². The number of nitrogens with two attached hydrogens (primary N) is 1. The Morgan fingerprint density at radius 3 is 2.36 bits per heavy atom. The zero-order valence-electron chi connectivity index (χ0n) is 15.9. The second-order valence-electron chi connectivity index (χ2n) is 6.44. The molecule has 0 unspecified atom stereocenters. The summed E-state index contributed by atoms with van der Waals surface area (Å²) in [6.07, 6.45) is 1.43. The number of aryl methyl sites for hydroxylation is 1. The first-order chi connectivity index (χ1) is 13.6. The van der Waals surface area contributed by atoms with Crippen LogP contribution < -0.4 is 15.2 Å². The monoisotopic (exact) mass is 372 g/mol. The third-order valence-electron chi connectivity index (χ3n) is 4.68. The molecular weight excluding hydrogens is 352 g/mol. The van der Waals surface area contributed by atoms with Crippen LogP contribution in [0.15, 0.2) is 54.9 Å². The number of pyridine rings is 1. The van der Waals surface area contributed by atoms with Gasteiger partial charge in [0.2, 0.25) is 0 Å². The number of nitrogens with zero attached hydrogens (tertiary/aromatic N) is 3. The molecule has 0 bridgehead atoms. The van der Waals surface area contributed by atoms with Crippen LogP contribution in [-0.2, 0) is 0 Å². The fraction of sp³-hybridized carbons (Fsp3) is 0.136. The van der Waals surface area contributed by atoms with Crippen LogP contribution in [0.4, 0.5) is 5.82 Å². The number of nitrogen functional groups attached to an aromatic ring is 1. The predicted octanol–water partition coefficient (Wildman–Crippen LogP) is 4.27. The van der Waals surface area contributed by atoms with Crippen molar-refractivity contribution >= 4 is 16.9 Å². The molecule has 0 saturated carbocycles. The van der Waals surface area contributed by atoms with Gasteiger partial charge < -0.3 is 15.2 Å². The Hall–Kier alpha value is -3.67. The fourth-order valence-electron chi connectivity index (χ4n) is 3.19. The van der Waals surface area contributed by atoms with E-state index in [-0.39, 0.29) is 0 Å². The molecule has 0 saturated heterocycles. The Bertz CT molecular complexity index is 1160. The lowest BCUT2D eigenvalue weighted by atomic mass is 9.98. The van der Waals surface area contributed by atoms with Crippen LogP contribution in [0.1, 0.15) is 5.56 Å². The molecular formula is C22H20N4O2. The minimum Gasteiger partial charge on any atom is -0.497 e. The standard InChI is InChI=1S/C22H20N4O2/c1-13-4-6-14(7-5-13)18-11-17(20-21(23)24-12-25-22(20)26-18)16-9-8-15(27-2)10-19(16)28-3/h4-12H,1-3H3,(H2,23,24,25,26). The lowest BCUT2D eigenvalue weighted by Gasteiger charge is -2.14. The number of benzene rings is 2. The maximum absolute atomic E-state index is 6.19. The van der Waals surface area contributed by atoms with Gasteiger partial charge in [-0.25, -0.2) is 15.0 Å². The van der Waals surface area contributed by atoms with Crippen LogP contribution in [0.2, 0.25) is 0 Å². The molecule has 28 heavy (non-hydrogen) atoms. The summed E-state index contributed by atoms with van der Waals surface area (Å²) in [4.78, 5) is 13.2. The lowest BCUT2D eigenvalue weighted by molar-refractivity contribution is 0.395. The summed E-state index contributed by atoms with van der Waals surface area (Å²) < 4.78 is 10.9. The van der Waals surface area contributed by atoms with E-state index in [0.29, 0.717) is 28.4 Å². The van der Waals surface area contributed by atoms with Crippen LogP contribution in [0.5, 0.6) is 11.5 Å². The van der Waals surface area contributed by atoms with Gasteiger partial charge in [-0.1, -0.05) is 29.8 Å². The van der Waals surface area contributed by atoms with Gasteiger partial charge in [0.1, 0.15) is 23.6 Å². The van der Waals surface area contributed by atoms with E-state index in [4.69, 9.17) is 20.2 Å². The van der Waals surface area contributed by atoms with Crippen molar-refractivity contribution in [1.29, 1.82) is 0 Å². The minimum atomic E-state index is 0.376. The Morgan fingerprint density at radius 1 is 0.857 bits per heavy atom. The van der Waals surface area contributed by atoms with Crippen LogP contribution in [-0.4, -0.2) is 29.2 Å². The molecule has 2 aromatic carbocycles. The maximum atomic E-state index is 6.19. The molecule has 0 amide bonds. The summed E-state index contributed by atoms with van der Waals surface area (Å²) in [5, 5.41) is 0.696. The highest BCUT2D eigenvalue weighted by molar-refractivity contribution is 6.02. The van der Waals surface area contributed by atoms with Gasteiger partial charge in [-0.3, -0.25) is 0 Å². The molecule has 2 heterocycles. The van der Waals surface area contributed by atoms with Gasteiger partial charge in [-0.05, 0) is 25.1 Å². The SMILES string of the molecule is COc1ccc(-c2cc(-c3ccc(C)cc3)nc3ncnc(N)c23)c(OC)c1. The number of hydrogen-bond donors (Lipinski definition) is 1. The van der Waals surface area contributed by atoms with E-state index < -0.39 is 0 Å². The van der Waals surface area contributed by atoms with Crippen molar-refractivity contribution < 1.29 is 9.47 Å². The van der Waals surface area contributed by atoms with Gasteiger partial charge in [0, 0.05) is 22.8 Å². The number of fused-ring (bicyclic) bond motifs is 1. The molecule has 0 atom stereocenters. The minimum absolute atomic E-state index is 0.376. The first-order valence-corrected chi connectivity index (χ1v) is 8.81. The zero-order valence-corrected chi connectivity index (χ0v) is 15.9. The third kappa shape index (κ3) is 3.09. The van der Waals surface area contributed by atoms with Crippen molar-refractivity contribution in [2.45, 2.75) is 6.92 Å². The Morgan fingerprint density at radius 2 is 1.64 bits per heavy atom. The summed E-state index contributed by atoms with van der Waals surface area (Å²) in [7, 11) is 3.25. The summed E-state index contributed by atoms with van der Waals surface area (Å²) in [5.41, 5.74) is 11.5. The van der Waals surface area contributed by atoms with Crippen molar-refractivity contribution in [3.63, 3.8) is 0 Å². The van der Waals surface area contributed by atoms with E-state index in [0.717, 1.165) is 22.4 Å². The molecule has 0 fully saturated rings. The van der Waals surface area contributed by atoms with E-state index in [1.165, 1.54) is 11.9 Å². The van der Waals surface area contributed by atoms with Gasteiger partial charge in [-0.2, -0.15) is 0 Å². The predicted molar refractivity (Wildman–Crippen MR) is 110 cm³/mol. The molecule has 6 nitrogen and oxygen atoms in total. The topological polar surface area (TPSA) is 83.2 Å². The quantitative estimate of drug-likeness (QED) is 0.576. The Kier molecular flexibility index (Phi) is 4.53. The van der Waals surface area contributed by atoms with E-state index in [1.54, 1.807) is 14.2 Å². The van der Waals surface area contributed by atoms with E-state index in [1.807, 2.05) is 36.4 Å². The van der Waals surface area contributed by atoms with Crippen LogP contribution in [0.25, 0.3) is 33.4 Å². The van der Waals surface area contributed by atoms with Crippen molar-refractivity contribution in [2.24, 2.45) is 0 Å². The zero-order chi connectivity index (χ0) is 19.7. The Labute approximate surface area is 163 Å². The van der Waals surface area contributed by atoms with Crippen molar-refractivity contribution in [3.8, 4) is 33.9 Å². The molecule has 2 aromatic heterocycles. The summed E-state index contributed by atoms with van der Waals surface area (Å²) in [6, 6.07) is 15.9. The van der Waals surface area contributed by atoms with E-state index in [2.05, 4.69) is 29.0 Å². The van der Waals surface area contributed by atoms with Crippen molar-refractivity contribution in [1.82, 2.24) is 15.0 Å². The largest absolute Gasteiger partial charge is 0.497 e. The molecule has 0 aliphatic carbocycles. The average Bonchev–Trinajstić information content (AvgIpc) is 2.73. The molecule has 6 heteroatoms. The molecule has 2 N–H and O–H groups in total. The molecule has 4 rings (SSSR count). The van der Waals surface area contributed by atoms with E-state index >= 15 is 0 Å². The van der Waals surface area contributed by atoms with Crippen LogP contribution >= 0.6 is 0 Å². The number of rotatable bonds is 4. The number of anilines is 1. The first-order valence-electron chi connectivity index (χ1n) is 8.81. The number of ether oxygens (including phenoxy) is 2. The lowest BCUT2D eigenvalue weighted by Crippen LogP contribution is -1.99. The molecule has 0 aliphatic heterocycles.